The Hall–Kier alpha value is -3.11. The summed E-state index contributed by atoms with van der Waals surface area (Å²) in [6, 6.07) is 29.7. The highest BCUT2D eigenvalue weighted by atomic mass is 16.2. The average Bonchev–Trinajstić information content (AvgIpc) is 2.81. The largest absolute Gasteiger partial charge is 0.368 e. The van der Waals surface area contributed by atoms with Crippen LogP contribution < -0.4 is 10.2 Å². The molecule has 154 valence electrons. The number of carbonyl (C=O) groups is 1. The van der Waals surface area contributed by atoms with Gasteiger partial charge in [-0.1, -0.05) is 78.4 Å². The summed E-state index contributed by atoms with van der Waals surface area (Å²) in [5.41, 5.74) is 4.94. The SMILES string of the molecule is Cc1ccc([C@H]([NH2+]CC(=O)N2CCN(c3ccccc3)CC2)c2ccccc2)cc1. The Balaban J connectivity index is 1.38. The molecule has 0 unspecified atom stereocenters. The fourth-order valence-corrected chi connectivity index (χ4v) is 4.10. The van der Waals surface area contributed by atoms with Crippen LogP contribution in [0.15, 0.2) is 84.9 Å². The Labute approximate surface area is 179 Å². The molecule has 4 rings (SSSR count). The van der Waals surface area contributed by atoms with Gasteiger partial charge in [-0.05, 0) is 19.1 Å². The summed E-state index contributed by atoms with van der Waals surface area (Å²) in [7, 11) is 0. The van der Waals surface area contributed by atoms with Crippen LogP contribution in [0.3, 0.4) is 0 Å². The molecule has 0 saturated carbocycles. The van der Waals surface area contributed by atoms with Crippen molar-refractivity contribution in [2.75, 3.05) is 37.6 Å². The molecule has 0 spiro atoms. The van der Waals surface area contributed by atoms with E-state index in [2.05, 4.69) is 89.9 Å². The van der Waals surface area contributed by atoms with E-state index in [1.54, 1.807) is 0 Å². The molecule has 3 aromatic carbocycles. The number of piperazine rings is 1. The van der Waals surface area contributed by atoms with Crippen LogP contribution in [-0.2, 0) is 4.79 Å². The van der Waals surface area contributed by atoms with Crippen molar-refractivity contribution in [2.24, 2.45) is 0 Å². The summed E-state index contributed by atoms with van der Waals surface area (Å²) >= 11 is 0. The minimum Gasteiger partial charge on any atom is -0.368 e. The van der Waals surface area contributed by atoms with Crippen molar-refractivity contribution in [1.29, 1.82) is 0 Å². The maximum atomic E-state index is 12.9. The van der Waals surface area contributed by atoms with Gasteiger partial charge in [-0.25, -0.2) is 0 Å². The Morgan fingerprint density at radius 2 is 1.37 bits per heavy atom. The monoisotopic (exact) mass is 400 g/mol. The van der Waals surface area contributed by atoms with E-state index in [1.165, 1.54) is 22.4 Å². The number of aryl methyl sites for hydroxylation is 1. The standard InChI is InChI=1S/C26H29N3O/c1-21-12-14-23(15-13-21)26(22-8-4-2-5-9-22)27-20-25(30)29-18-16-28(17-19-29)24-10-6-3-7-11-24/h2-15,26-27H,16-20H2,1H3/p+1/t26-/m1/s1. The molecule has 2 N–H and O–H groups in total. The fourth-order valence-electron chi connectivity index (χ4n) is 4.10. The number of hydrogen-bond acceptors (Lipinski definition) is 2. The van der Waals surface area contributed by atoms with Crippen LogP contribution in [0.5, 0.6) is 0 Å². The first-order valence-corrected chi connectivity index (χ1v) is 10.7. The summed E-state index contributed by atoms with van der Waals surface area (Å²) in [6.07, 6.45) is 0. The smallest absolute Gasteiger partial charge is 0.277 e. The zero-order valence-corrected chi connectivity index (χ0v) is 17.6. The molecule has 4 nitrogen and oxygen atoms in total. The molecule has 1 aliphatic heterocycles. The molecule has 1 fully saturated rings. The number of amides is 1. The molecular formula is C26H30N3O+. The predicted octanol–water partition coefficient (Wildman–Crippen LogP) is 3.00. The van der Waals surface area contributed by atoms with Gasteiger partial charge in [-0.15, -0.1) is 0 Å². The first-order valence-electron chi connectivity index (χ1n) is 10.7. The number of quaternary nitrogens is 1. The maximum Gasteiger partial charge on any atom is 0.277 e. The van der Waals surface area contributed by atoms with E-state index in [9.17, 15) is 4.79 Å². The van der Waals surface area contributed by atoms with Gasteiger partial charge < -0.3 is 15.1 Å². The van der Waals surface area contributed by atoms with E-state index in [4.69, 9.17) is 0 Å². The third-order valence-electron chi connectivity index (χ3n) is 5.88. The van der Waals surface area contributed by atoms with Gasteiger partial charge in [0.2, 0.25) is 0 Å². The quantitative estimate of drug-likeness (QED) is 0.691. The van der Waals surface area contributed by atoms with Crippen LogP contribution >= 0.6 is 0 Å². The number of para-hydroxylation sites is 1. The van der Waals surface area contributed by atoms with Crippen LogP contribution in [-0.4, -0.2) is 43.5 Å². The molecule has 1 saturated heterocycles. The lowest BCUT2D eigenvalue weighted by Crippen LogP contribution is -2.88. The van der Waals surface area contributed by atoms with Crippen molar-refractivity contribution in [3.63, 3.8) is 0 Å². The molecule has 0 aliphatic carbocycles. The van der Waals surface area contributed by atoms with Crippen molar-refractivity contribution in [2.45, 2.75) is 13.0 Å². The van der Waals surface area contributed by atoms with Crippen molar-refractivity contribution in [3.05, 3.63) is 102 Å². The number of hydrogen-bond donors (Lipinski definition) is 1. The Morgan fingerprint density at radius 3 is 2.00 bits per heavy atom. The lowest BCUT2D eigenvalue weighted by Gasteiger charge is -2.36. The van der Waals surface area contributed by atoms with E-state index in [0.29, 0.717) is 6.54 Å². The Kier molecular flexibility index (Phi) is 6.45. The van der Waals surface area contributed by atoms with Gasteiger partial charge in [0.15, 0.2) is 6.54 Å². The van der Waals surface area contributed by atoms with Gasteiger partial charge in [-0.2, -0.15) is 0 Å². The minimum atomic E-state index is 0.126. The summed E-state index contributed by atoms with van der Waals surface area (Å²) in [4.78, 5) is 17.3. The van der Waals surface area contributed by atoms with Crippen LogP contribution in [0.25, 0.3) is 0 Å². The number of anilines is 1. The Bertz CT molecular complexity index is 933. The highest BCUT2D eigenvalue weighted by Gasteiger charge is 2.24. The maximum absolute atomic E-state index is 12.9. The zero-order valence-electron chi connectivity index (χ0n) is 17.6. The van der Waals surface area contributed by atoms with E-state index in [-0.39, 0.29) is 11.9 Å². The molecule has 4 heteroatoms. The van der Waals surface area contributed by atoms with Crippen molar-refractivity contribution < 1.29 is 10.1 Å². The summed E-state index contributed by atoms with van der Waals surface area (Å²) in [5.74, 6) is 0.218. The molecular weight excluding hydrogens is 370 g/mol. The molecule has 1 heterocycles. The molecule has 0 radical (unpaired) electrons. The normalized spacial score (nSPS) is 15.1. The molecule has 1 amide bonds. The van der Waals surface area contributed by atoms with E-state index < -0.39 is 0 Å². The topological polar surface area (TPSA) is 40.2 Å². The van der Waals surface area contributed by atoms with Crippen LogP contribution in [0.1, 0.15) is 22.7 Å². The average molecular weight is 401 g/mol. The third kappa shape index (κ3) is 4.89. The van der Waals surface area contributed by atoms with Gasteiger partial charge in [-0.3, -0.25) is 4.79 Å². The molecule has 1 aliphatic rings. The minimum absolute atomic E-state index is 0.126. The van der Waals surface area contributed by atoms with Crippen molar-refractivity contribution in [3.8, 4) is 0 Å². The van der Waals surface area contributed by atoms with Crippen LogP contribution in [0, 0.1) is 6.92 Å². The van der Waals surface area contributed by atoms with Gasteiger partial charge >= 0.3 is 0 Å². The number of benzene rings is 3. The third-order valence-corrected chi connectivity index (χ3v) is 5.88. The fraction of sp³-hybridized carbons (Fsp3) is 0.269. The molecule has 0 aromatic heterocycles. The number of rotatable bonds is 6. The second-order valence-corrected chi connectivity index (χ2v) is 7.94. The van der Waals surface area contributed by atoms with E-state index in [1.807, 2.05) is 17.0 Å². The van der Waals surface area contributed by atoms with Crippen LogP contribution in [0.2, 0.25) is 0 Å². The molecule has 1 atom stereocenters. The molecule has 0 bridgehead atoms. The van der Waals surface area contributed by atoms with E-state index in [0.717, 1.165) is 26.2 Å². The number of nitrogens with two attached hydrogens (primary N) is 1. The number of carbonyl (C=O) groups excluding carboxylic acids is 1. The van der Waals surface area contributed by atoms with Gasteiger partial charge in [0.1, 0.15) is 6.04 Å². The van der Waals surface area contributed by atoms with Gasteiger partial charge in [0.25, 0.3) is 5.91 Å². The van der Waals surface area contributed by atoms with Crippen molar-refractivity contribution >= 4 is 11.6 Å². The second-order valence-electron chi connectivity index (χ2n) is 7.94. The second kappa shape index (κ2) is 9.59. The number of nitrogens with zero attached hydrogens (tertiary/aromatic N) is 2. The van der Waals surface area contributed by atoms with Gasteiger partial charge in [0, 0.05) is 43.0 Å². The zero-order chi connectivity index (χ0) is 20.8. The summed E-state index contributed by atoms with van der Waals surface area (Å²) < 4.78 is 0. The highest BCUT2D eigenvalue weighted by Crippen LogP contribution is 2.19. The summed E-state index contributed by atoms with van der Waals surface area (Å²) in [6.45, 7) is 5.89. The highest BCUT2D eigenvalue weighted by molar-refractivity contribution is 5.77. The lowest BCUT2D eigenvalue weighted by molar-refractivity contribution is -0.677. The first-order chi connectivity index (χ1) is 14.7. The molecule has 3 aromatic rings. The van der Waals surface area contributed by atoms with Gasteiger partial charge in [0.05, 0.1) is 0 Å². The first kappa shape index (κ1) is 20.2. The van der Waals surface area contributed by atoms with E-state index >= 15 is 0 Å². The van der Waals surface area contributed by atoms with Crippen molar-refractivity contribution in [1.82, 2.24) is 4.90 Å². The summed E-state index contributed by atoms with van der Waals surface area (Å²) in [5, 5.41) is 2.17. The lowest BCUT2D eigenvalue weighted by atomic mass is 9.98. The predicted molar refractivity (Wildman–Crippen MR) is 121 cm³/mol. The van der Waals surface area contributed by atoms with Crippen LogP contribution in [0.4, 0.5) is 5.69 Å². The molecule has 30 heavy (non-hydrogen) atoms. The Morgan fingerprint density at radius 1 is 0.800 bits per heavy atom.